The summed E-state index contributed by atoms with van der Waals surface area (Å²) >= 11 is 6.62. The van der Waals surface area contributed by atoms with Crippen LogP contribution in [-0.4, -0.2) is 18.2 Å². The zero-order chi connectivity index (χ0) is 16.7. The number of benzene rings is 1. The molecule has 2 N–H and O–H groups in total. The van der Waals surface area contributed by atoms with Crippen molar-refractivity contribution in [2.75, 3.05) is 17.7 Å². The lowest BCUT2D eigenvalue weighted by Crippen LogP contribution is -2.20. The number of carbonyl (C=O) groups is 1. The van der Waals surface area contributed by atoms with Crippen LogP contribution < -0.4 is 10.6 Å². The molecule has 1 heterocycles. The fraction of sp³-hybridized carbons (Fsp3) is 0.294. The number of carbonyl (C=O) groups excluding carboxylic acids is 1. The van der Waals surface area contributed by atoms with Crippen LogP contribution >= 0.6 is 23.6 Å². The van der Waals surface area contributed by atoms with Crippen LogP contribution in [-0.2, 0) is 11.2 Å². The quantitative estimate of drug-likeness (QED) is 0.586. The molecule has 0 saturated heterocycles. The van der Waals surface area contributed by atoms with Crippen LogP contribution in [0.3, 0.4) is 0 Å². The lowest BCUT2D eigenvalue weighted by atomic mass is 10.1. The lowest BCUT2D eigenvalue weighted by molar-refractivity contribution is 0.0607. The molecule has 4 nitrogen and oxygen atoms in total. The molecule has 23 heavy (non-hydrogen) atoms. The van der Waals surface area contributed by atoms with Gasteiger partial charge >= 0.3 is 5.97 Å². The summed E-state index contributed by atoms with van der Waals surface area (Å²) in [5.74, 6) is -0.370. The van der Waals surface area contributed by atoms with Crippen LogP contribution in [0.1, 0.15) is 35.0 Å². The van der Waals surface area contributed by atoms with Crippen molar-refractivity contribution in [3.63, 3.8) is 0 Å². The second-order valence-corrected chi connectivity index (χ2v) is 6.36. The zero-order valence-corrected chi connectivity index (χ0v) is 14.9. The van der Waals surface area contributed by atoms with Gasteiger partial charge in [-0.3, -0.25) is 0 Å². The van der Waals surface area contributed by atoms with Gasteiger partial charge in [-0.25, -0.2) is 4.79 Å². The van der Waals surface area contributed by atoms with Gasteiger partial charge < -0.3 is 15.4 Å². The van der Waals surface area contributed by atoms with Gasteiger partial charge in [0.25, 0.3) is 0 Å². The van der Waals surface area contributed by atoms with Crippen LogP contribution in [0, 0.1) is 0 Å². The predicted molar refractivity (Wildman–Crippen MR) is 101 cm³/mol. The first-order valence-electron chi connectivity index (χ1n) is 7.46. The molecule has 0 bridgehead atoms. The monoisotopic (exact) mass is 348 g/mol. The van der Waals surface area contributed by atoms with Gasteiger partial charge in [0.15, 0.2) is 5.11 Å². The van der Waals surface area contributed by atoms with Crippen molar-refractivity contribution in [3.8, 4) is 0 Å². The number of anilines is 2. The van der Waals surface area contributed by atoms with Gasteiger partial charge in [0.1, 0.15) is 4.88 Å². The number of methoxy groups -OCH3 is 1. The van der Waals surface area contributed by atoms with Crippen molar-refractivity contribution in [1.29, 1.82) is 0 Å². The molecule has 0 fully saturated rings. The van der Waals surface area contributed by atoms with E-state index < -0.39 is 0 Å². The SMILES string of the molecule is CCCCc1ccc(NC(=S)Nc2ccsc2C(=O)OC)cc1. The largest absolute Gasteiger partial charge is 0.465 e. The number of esters is 1. The third-order valence-electron chi connectivity index (χ3n) is 3.32. The third kappa shape index (κ3) is 5.04. The molecule has 1 aromatic heterocycles. The molecular formula is C17H20N2O2S2. The average molecular weight is 348 g/mol. The molecule has 0 spiro atoms. The molecule has 0 amide bonds. The van der Waals surface area contributed by atoms with E-state index in [9.17, 15) is 4.79 Å². The molecule has 0 atom stereocenters. The Kier molecular flexibility index (Phi) is 6.55. The van der Waals surface area contributed by atoms with E-state index >= 15 is 0 Å². The maximum Gasteiger partial charge on any atom is 0.350 e. The first-order valence-corrected chi connectivity index (χ1v) is 8.75. The Morgan fingerprint density at radius 3 is 2.61 bits per heavy atom. The summed E-state index contributed by atoms with van der Waals surface area (Å²) in [7, 11) is 1.36. The number of aryl methyl sites for hydroxylation is 1. The number of rotatable bonds is 6. The highest BCUT2D eigenvalue weighted by atomic mass is 32.1. The van der Waals surface area contributed by atoms with E-state index in [0.29, 0.717) is 15.7 Å². The summed E-state index contributed by atoms with van der Waals surface area (Å²) in [6, 6.07) is 10.0. The Hall–Kier alpha value is -1.92. The van der Waals surface area contributed by atoms with E-state index in [1.165, 1.54) is 36.9 Å². The van der Waals surface area contributed by atoms with Crippen LogP contribution in [0.4, 0.5) is 11.4 Å². The fourth-order valence-electron chi connectivity index (χ4n) is 2.08. The summed E-state index contributed by atoms with van der Waals surface area (Å²) in [4.78, 5) is 12.1. The van der Waals surface area contributed by atoms with Crippen LogP contribution in [0.2, 0.25) is 0 Å². The van der Waals surface area contributed by atoms with Gasteiger partial charge in [0.05, 0.1) is 12.8 Å². The second-order valence-electron chi connectivity index (χ2n) is 5.03. The summed E-state index contributed by atoms with van der Waals surface area (Å²) in [5, 5.41) is 8.41. The summed E-state index contributed by atoms with van der Waals surface area (Å²) in [6.07, 6.45) is 3.48. The summed E-state index contributed by atoms with van der Waals surface area (Å²) < 4.78 is 4.75. The Morgan fingerprint density at radius 1 is 1.22 bits per heavy atom. The highest BCUT2D eigenvalue weighted by Gasteiger charge is 2.14. The molecule has 2 rings (SSSR count). The summed E-state index contributed by atoms with van der Waals surface area (Å²) in [5.41, 5.74) is 2.89. The molecule has 1 aromatic carbocycles. The second kappa shape index (κ2) is 8.64. The van der Waals surface area contributed by atoms with Crippen molar-refractivity contribution in [1.82, 2.24) is 0 Å². The number of thiocarbonyl (C=S) groups is 1. The van der Waals surface area contributed by atoms with E-state index in [-0.39, 0.29) is 5.97 Å². The number of thiophene rings is 1. The van der Waals surface area contributed by atoms with Crippen LogP contribution in [0.25, 0.3) is 0 Å². The van der Waals surface area contributed by atoms with E-state index in [4.69, 9.17) is 17.0 Å². The minimum atomic E-state index is -0.370. The van der Waals surface area contributed by atoms with Gasteiger partial charge in [-0.15, -0.1) is 11.3 Å². The molecule has 0 aliphatic heterocycles. The molecule has 0 aliphatic rings. The average Bonchev–Trinajstić information content (AvgIpc) is 3.01. The van der Waals surface area contributed by atoms with Gasteiger partial charge in [-0.1, -0.05) is 25.5 Å². The van der Waals surface area contributed by atoms with Crippen molar-refractivity contribution in [2.24, 2.45) is 0 Å². The predicted octanol–water partition coefficient (Wildman–Crippen LogP) is 4.69. The third-order valence-corrected chi connectivity index (χ3v) is 4.41. The topological polar surface area (TPSA) is 50.4 Å². The van der Waals surface area contributed by atoms with E-state index in [1.807, 2.05) is 17.5 Å². The maximum absolute atomic E-state index is 11.6. The first kappa shape index (κ1) is 17.4. The Bertz CT molecular complexity index is 665. The van der Waals surface area contributed by atoms with E-state index in [2.05, 4.69) is 29.7 Å². The standard InChI is InChI=1S/C17H20N2O2S2/c1-3-4-5-12-6-8-13(9-7-12)18-17(22)19-14-10-11-23-15(14)16(20)21-2/h6-11H,3-5H2,1-2H3,(H2,18,19,22). The van der Waals surface area contributed by atoms with Crippen molar-refractivity contribution < 1.29 is 9.53 Å². The van der Waals surface area contributed by atoms with Gasteiger partial charge in [0.2, 0.25) is 0 Å². The zero-order valence-electron chi connectivity index (χ0n) is 13.2. The Balaban J connectivity index is 1.95. The molecule has 0 aliphatic carbocycles. The normalized spacial score (nSPS) is 10.2. The Labute approximate surface area is 145 Å². The van der Waals surface area contributed by atoms with Gasteiger partial charge in [-0.2, -0.15) is 0 Å². The van der Waals surface area contributed by atoms with E-state index in [1.54, 1.807) is 6.07 Å². The van der Waals surface area contributed by atoms with E-state index in [0.717, 1.165) is 12.1 Å². The lowest BCUT2D eigenvalue weighted by Gasteiger charge is -2.11. The van der Waals surface area contributed by atoms with Crippen molar-refractivity contribution in [2.45, 2.75) is 26.2 Å². The molecule has 0 saturated carbocycles. The minimum Gasteiger partial charge on any atom is -0.465 e. The maximum atomic E-state index is 11.6. The highest BCUT2D eigenvalue weighted by molar-refractivity contribution is 7.80. The smallest absolute Gasteiger partial charge is 0.350 e. The number of ether oxygens (including phenoxy) is 1. The number of nitrogens with one attached hydrogen (secondary N) is 2. The molecular weight excluding hydrogens is 328 g/mol. The molecule has 6 heteroatoms. The number of hydrogen-bond donors (Lipinski definition) is 2. The van der Waals surface area contributed by atoms with Crippen LogP contribution in [0.15, 0.2) is 35.7 Å². The summed E-state index contributed by atoms with van der Waals surface area (Å²) in [6.45, 7) is 2.19. The fourth-order valence-corrected chi connectivity index (χ4v) is 3.07. The number of unbranched alkanes of at least 4 members (excludes halogenated alkanes) is 1. The molecule has 0 unspecified atom stereocenters. The minimum absolute atomic E-state index is 0.370. The van der Waals surface area contributed by atoms with Gasteiger partial charge in [-0.05, 0) is 54.2 Å². The first-order chi connectivity index (χ1) is 11.1. The Morgan fingerprint density at radius 2 is 1.96 bits per heavy atom. The number of hydrogen-bond acceptors (Lipinski definition) is 4. The van der Waals surface area contributed by atoms with Crippen molar-refractivity contribution >= 4 is 46.0 Å². The van der Waals surface area contributed by atoms with Crippen molar-refractivity contribution in [3.05, 3.63) is 46.2 Å². The van der Waals surface area contributed by atoms with Crippen LogP contribution in [0.5, 0.6) is 0 Å². The molecule has 0 radical (unpaired) electrons. The highest BCUT2D eigenvalue weighted by Crippen LogP contribution is 2.23. The molecule has 122 valence electrons. The molecule has 2 aromatic rings. The van der Waals surface area contributed by atoms with Gasteiger partial charge in [0, 0.05) is 5.69 Å².